The smallest absolute Gasteiger partial charge is 0.352 e. The van der Waals surface area contributed by atoms with Crippen molar-refractivity contribution in [2.24, 2.45) is 0 Å². The van der Waals surface area contributed by atoms with E-state index < -0.39 is 42.8 Å². The highest BCUT2D eigenvalue weighted by Gasteiger charge is 2.81. The van der Waals surface area contributed by atoms with E-state index in [0.717, 1.165) is 6.92 Å². The summed E-state index contributed by atoms with van der Waals surface area (Å²) < 4.78 is 112. The fourth-order valence-corrected chi connectivity index (χ4v) is 1.05. The first-order valence-corrected chi connectivity index (χ1v) is 5.22. The van der Waals surface area contributed by atoms with E-state index in [1.807, 2.05) is 0 Å². The summed E-state index contributed by atoms with van der Waals surface area (Å²) in [6.07, 6.45) is -8.95. The molecule has 0 heterocycles. The van der Waals surface area contributed by atoms with Crippen molar-refractivity contribution in [3.8, 4) is 0 Å². The molecule has 1 amide bonds. The second-order valence-electron chi connectivity index (χ2n) is 4.14. The topological polar surface area (TPSA) is 29.1 Å². The van der Waals surface area contributed by atoms with Crippen LogP contribution >= 0.6 is 0 Å². The molecule has 0 atom stereocenters. The molecule has 0 aliphatic carbocycles. The van der Waals surface area contributed by atoms with Gasteiger partial charge in [0.2, 0.25) is 5.91 Å². The van der Waals surface area contributed by atoms with Crippen molar-refractivity contribution in [1.82, 2.24) is 5.32 Å². The normalized spacial score (nSPS) is 14.0. The Hall–Kier alpha value is -1.42. The molecule has 0 saturated carbocycles. The quantitative estimate of drug-likeness (QED) is 0.585. The first-order chi connectivity index (χ1) is 9.08. The van der Waals surface area contributed by atoms with Crippen LogP contribution in [-0.4, -0.2) is 36.4 Å². The molecule has 0 fully saturated rings. The van der Waals surface area contributed by atoms with Gasteiger partial charge in [-0.3, -0.25) is 4.79 Å². The summed E-state index contributed by atoms with van der Waals surface area (Å²) in [4.78, 5) is 10.9. The molecule has 0 bridgehead atoms. The maximum absolute atomic E-state index is 13.0. The molecule has 1 N–H and O–H groups in total. The van der Waals surface area contributed by atoms with Crippen LogP contribution < -0.4 is 5.32 Å². The Morgan fingerprint density at radius 3 is 1.71 bits per heavy atom. The van der Waals surface area contributed by atoms with Gasteiger partial charge in [0, 0.05) is 18.5 Å². The van der Waals surface area contributed by atoms with Gasteiger partial charge in [-0.2, -0.15) is 39.5 Å². The maximum Gasteiger partial charge on any atom is 0.460 e. The molecule has 124 valence electrons. The second kappa shape index (κ2) is 5.76. The average Bonchev–Trinajstić information content (AvgIpc) is 2.26. The summed E-state index contributed by atoms with van der Waals surface area (Å²) in [7, 11) is 0. The second-order valence-corrected chi connectivity index (χ2v) is 4.14. The van der Waals surface area contributed by atoms with Crippen LogP contribution in [0, 0.1) is 0 Å². The summed E-state index contributed by atoms with van der Waals surface area (Å²) in [5, 5.41) is 1.62. The third-order valence-corrected chi connectivity index (χ3v) is 2.32. The molecule has 0 aliphatic rings. The van der Waals surface area contributed by atoms with E-state index in [4.69, 9.17) is 0 Å². The maximum atomic E-state index is 13.0. The van der Waals surface area contributed by atoms with E-state index in [2.05, 4.69) is 6.58 Å². The lowest BCUT2D eigenvalue weighted by molar-refractivity contribution is -0.396. The highest BCUT2D eigenvalue weighted by molar-refractivity contribution is 5.92. The van der Waals surface area contributed by atoms with Crippen molar-refractivity contribution < 1.29 is 44.3 Å². The number of amides is 1. The van der Waals surface area contributed by atoms with Crippen LogP contribution in [0.4, 0.5) is 39.5 Å². The molecule has 0 spiro atoms. The molecular formula is C10H10F9NO. The van der Waals surface area contributed by atoms with Crippen molar-refractivity contribution in [2.45, 2.75) is 37.3 Å². The molecule has 0 rings (SSSR count). The highest BCUT2D eigenvalue weighted by atomic mass is 19.4. The molecular weight excluding hydrogens is 321 g/mol. The number of alkyl halides is 9. The van der Waals surface area contributed by atoms with Crippen LogP contribution in [0.15, 0.2) is 12.2 Å². The summed E-state index contributed by atoms with van der Waals surface area (Å²) in [5.74, 6) is -20.3. The van der Waals surface area contributed by atoms with Crippen LogP contribution in [0.25, 0.3) is 0 Å². The van der Waals surface area contributed by atoms with E-state index in [0.29, 0.717) is 0 Å². The van der Waals surface area contributed by atoms with E-state index >= 15 is 0 Å². The molecule has 0 radical (unpaired) electrons. The zero-order valence-corrected chi connectivity index (χ0v) is 10.4. The zero-order valence-electron chi connectivity index (χ0n) is 10.4. The summed E-state index contributed by atoms with van der Waals surface area (Å²) in [6, 6.07) is 0. The number of carbonyl (C=O) groups excluding carboxylic acids is 1. The minimum absolute atomic E-state index is 0.189. The van der Waals surface area contributed by atoms with Crippen molar-refractivity contribution in [3.05, 3.63) is 12.2 Å². The number of hydrogen-bond acceptors (Lipinski definition) is 1. The number of carbonyl (C=O) groups is 1. The lowest BCUT2D eigenvalue weighted by Crippen LogP contribution is -2.61. The lowest BCUT2D eigenvalue weighted by atomic mass is 10.0. The van der Waals surface area contributed by atoms with Gasteiger partial charge in [-0.25, -0.2) is 0 Å². The van der Waals surface area contributed by atoms with Crippen molar-refractivity contribution >= 4 is 5.91 Å². The number of rotatable bonds is 6. The third-order valence-electron chi connectivity index (χ3n) is 2.32. The molecule has 2 nitrogen and oxygen atoms in total. The van der Waals surface area contributed by atoms with Gasteiger partial charge in [0.15, 0.2) is 0 Å². The molecule has 0 aromatic carbocycles. The minimum atomic E-state index is -6.91. The lowest BCUT2D eigenvalue weighted by Gasteiger charge is -2.33. The average molecular weight is 331 g/mol. The Balaban J connectivity index is 5.05. The van der Waals surface area contributed by atoms with E-state index in [-0.39, 0.29) is 5.57 Å². The molecule has 21 heavy (non-hydrogen) atoms. The van der Waals surface area contributed by atoms with Gasteiger partial charge in [-0.15, -0.1) is 0 Å². The van der Waals surface area contributed by atoms with E-state index in [1.54, 1.807) is 5.32 Å². The standard InChI is InChI=1S/C10H10F9NO/c1-5(2)6(21)20-4-3-7(11,12)8(13,14)9(15,16)10(17,18)19/h1,3-4H2,2H3,(H,20,21). The Kier molecular flexibility index (Phi) is 5.37. The molecule has 0 saturated heterocycles. The van der Waals surface area contributed by atoms with Gasteiger partial charge in [-0.05, 0) is 6.92 Å². The van der Waals surface area contributed by atoms with Gasteiger partial charge in [0.1, 0.15) is 0 Å². The molecule has 0 unspecified atom stereocenters. The van der Waals surface area contributed by atoms with Crippen molar-refractivity contribution in [3.63, 3.8) is 0 Å². The Bertz CT molecular complexity index is 413. The monoisotopic (exact) mass is 331 g/mol. The highest BCUT2D eigenvalue weighted by Crippen LogP contribution is 2.53. The van der Waals surface area contributed by atoms with Gasteiger partial charge >= 0.3 is 23.9 Å². The largest absolute Gasteiger partial charge is 0.460 e. The minimum Gasteiger partial charge on any atom is -0.352 e. The molecule has 0 aromatic rings. The van der Waals surface area contributed by atoms with Gasteiger partial charge in [-0.1, -0.05) is 6.58 Å². The summed E-state index contributed by atoms with van der Waals surface area (Å²) in [5.41, 5.74) is -0.189. The Labute approximate surface area is 113 Å². The molecule has 11 heteroatoms. The number of hydrogen-bond donors (Lipinski definition) is 1. The van der Waals surface area contributed by atoms with Crippen molar-refractivity contribution in [2.75, 3.05) is 6.54 Å². The van der Waals surface area contributed by atoms with Crippen LogP contribution in [0.3, 0.4) is 0 Å². The predicted molar refractivity (Wildman–Crippen MR) is 53.3 cm³/mol. The fourth-order valence-electron chi connectivity index (χ4n) is 1.05. The van der Waals surface area contributed by atoms with Crippen LogP contribution in [0.2, 0.25) is 0 Å². The SMILES string of the molecule is C=C(C)C(=O)NCCC(F)(F)C(F)(F)C(F)(F)C(F)(F)F. The Morgan fingerprint density at radius 1 is 0.952 bits per heavy atom. The van der Waals surface area contributed by atoms with Crippen LogP contribution in [0.5, 0.6) is 0 Å². The van der Waals surface area contributed by atoms with Crippen LogP contribution in [0.1, 0.15) is 13.3 Å². The number of nitrogens with one attached hydrogen (secondary N) is 1. The molecule has 0 aromatic heterocycles. The number of halogens is 9. The third kappa shape index (κ3) is 3.82. The summed E-state index contributed by atoms with van der Waals surface area (Å²) in [6.45, 7) is 2.98. The predicted octanol–water partition coefficient (Wildman–Crippen LogP) is 3.54. The molecule has 0 aliphatic heterocycles. The van der Waals surface area contributed by atoms with Crippen LogP contribution in [-0.2, 0) is 4.79 Å². The fraction of sp³-hybridized carbons (Fsp3) is 0.700. The first kappa shape index (κ1) is 19.6. The summed E-state index contributed by atoms with van der Waals surface area (Å²) >= 11 is 0. The Morgan fingerprint density at radius 2 is 1.38 bits per heavy atom. The van der Waals surface area contributed by atoms with Gasteiger partial charge < -0.3 is 5.32 Å². The van der Waals surface area contributed by atoms with E-state index in [9.17, 15) is 44.3 Å². The van der Waals surface area contributed by atoms with Gasteiger partial charge in [0.05, 0.1) is 0 Å². The van der Waals surface area contributed by atoms with Gasteiger partial charge in [0.25, 0.3) is 0 Å². The van der Waals surface area contributed by atoms with E-state index in [1.165, 1.54) is 0 Å². The van der Waals surface area contributed by atoms with Crippen molar-refractivity contribution in [1.29, 1.82) is 0 Å². The zero-order chi connectivity index (χ0) is 17.3. The first-order valence-electron chi connectivity index (χ1n) is 5.22.